The Morgan fingerprint density at radius 2 is 1.79 bits per heavy atom. The number of aryl methyl sites for hydroxylation is 1. The number of aromatic nitrogens is 2. The number of amides is 1. The summed E-state index contributed by atoms with van der Waals surface area (Å²) in [5.74, 6) is -0.361. The number of hydrogen-bond donors (Lipinski definition) is 1. The first kappa shape index (κ1) is 19.4. The molecule has 28 heavy (non-hydrogen) atoms. The van der Waals surface area contributed by atoms with Gasteiger partial charge in [-0.3, -0.25) is 4.79 Å². The van der Waals surface area contributed by atoms with Crippen molar-refractivity contribution < 1.29 is 19.1 Å². The quantitative estimate of drug-likeness (QED) is 0.640. The second kappa shape index (κ2) is 8.58. The van der Waals surface area contributed by atoms with Crippen LogP contribution in [0.4, 0.5) is 5.69 Å². The van der Waals surface area contributed by atoms with Gasteiger partial charge in [-0.2, -0.15) is 5.10 Å². The van der Waals surface area contributed by atoms with Gasteiger partial charge in [0.15, 0.2) is 6.61 Å². The fourth-order valence-corrected chi connectivity index (χ4v) is 2.88. The first-order valence-corrected chi connectivity index (χ1v) is 8.79. The smallest absolute Gasteiger partial charge is 0.343 e. The van der Waals surface area contributed by atoms with Crippen LogP contribution in [0.25, 0.3) is 5.69 Å². The van der Waals surface area contributed by atoms with Crippen LogP contribution in [-0.4, -0.2) is 35.4 Å². The number of hydrogen-bond acceptors (Lipinski definition) is 5. The van der Waals surface area contributed by atoms with Gasteiger partial charge in [0.05, 0.1) is 18.5 Å². The molecule has 0 bridgehead atoms. The molecule has 0 aliphatic rings. The van der Waals surface area contributed by atoms with Crippen LogP contribution in [-0.2, 0) is 9.53 Å². The zero-order chi connectivity index (χ0) is 20.1. The van der Waals surface area contributed by atoms with Crippen LogP contribution >= 0.6 is 11.6 Å². The van der Waals surface area contributed by atoms with Crippen molar-refractivity contribution in [1.82, 2.24) is 9.78 Å². The maximum Gasteiger partial charge on any atom is 0.343 e. The molecule has 0 spiro atoms. The number of para-hydroxylation sites is 1. The fraction of sp³-hybridized carbons (Fsp3) is 0.150. The molecule has 7 nitrogen and oxygen atoms in total. The number of nitrogens with zero attached hydrogens (tertiary/aromatic N) is 2. The molecule has 144 valence electrons. The van der Waals surface area contributed by atoms with Gasteiger partial charge in [0, 0.05) is 5.69 Å². The molecule has 1 heterocycles. The van der Waals surface area contributed by atoms with Crippen LogP contribution < -0.4 is 10.1 Å². The molecular weight excluding hydrogens is 382 g/mol. The zero-order valence-electron chi connectivity index (χ0n) is 15.3. The largest absolute Gasteiger partial charge is 0.482 e. The third-order valence-corrected chi connectivity index (χ3v) is 4.28. The summed E-state index contributed by atoms with van der Waals surface area (Å²) in [7, 11) is 1.29. The van der Waals surface area contributed by atoms with Crippen molar-refractivity contribution in [3.63, 3.8) is 0 Å². The minimum atomic E-state index is -0.474. The predicted octanol–water partition coefficient (Wildman–Crippen LogP) is 3.64. The molecule has 2 aromatic carbocycles. The van der Waals surface area contributed by atoms with Gasteiger partial charge >= 0.3 is 5.97 Å². The summed E-state index contributed by atoms with van der Waals surface area (Å²) in [6, 6.07) is 15.9. The monoisotopic (exact) mass is 399 g/mol. The predicted molar refractivity (Wildman–Crippen MR) is 105 cm³/mol. The fourth-order valence-electron chi connectivity index (χ4n) is 2.53. The number of carbonyl (C=O) groups excluding carboxylic acids is 2. The van der Waals surface area contributed by atoms with Gasteiger partial charge in [0.25, 0.3) is 5.91 Å². The highest BCUT2D eigenvalue weighted by Gasteiger charge is 2.21. The van der Waals surface area contributed by atoms with E-state index in [0.29, 0.717) is 22.7 Å². The summed E-state index contributed by atoms with van der Waals surface area (Å²) in [5.41, 5.74) is 2.14. The van der Waals surface area contributed by atoms with E-state index in [1.807, 2.05) is 30.3 Å². The standard InChI is InChI=1S/C20H18ClN3O4/c1-13-18(19(21)24(23-13)15-6-4-3-5-7-15)20(26)22-14-8-10-16(11-9-14)28-12-17(25)27-2/h3-11H,12H2,1-2H3,(H,22,26). The number of anilines is 1. The van der Waals surface area contributed by atoms with Gasteiger partial charge in [-0.05, 0) is 43.3 Å². The Kier molecular flexibility index (Phi) is 5.96. The Hall–Kier alpha value is -3.32. The van der Waals surface area contributed by atoms with E-state index in [1.165, 1.54) is 11.8 Å². The number of nitrogens with one attached hydrogen (secondary N) is 1. The van der Waals surface area contributed by atoms with E-state index < -0.39 is 5.97 Å². The van der Waals surface area contributed by atoms with E-state index in [1.54, 1.807) is 31.2 Å². The maximum atomic E-state index is 12.7. The number of benzene rings is 2. The summed E-state index contributed by atoms with van der Waals surface area (Å²) in [4.78, 5) is 23.8. The third-order valence-electron chi connectivity index (χ3n) is 3.93. The van der Waals surface area contributed by atoms with Gasteiger partial charge in [-0.25, -0.2) is 9.48 Å². The van der Waals surface area contributed by atoms with Crippen molar-refractivity contribution >= 4 is 29.2 Å². The van der Waals surface area contributed by atoms with Gasteiger partial charge in [-0.1, -0.05) is 29.8 Å². The average Bonchev–Trinajstić information content (AvgIpc) is 3.02. The van der Waals surface area contributed by atoms with Gasteiger partial charge in [0.1, 0.15) is 16.5 Å². The van der Waals surface area contributed by atoms with Crippen LogP contribution in [0.1, 0.15) is 16.1 Å². The third kappa shape index (κ3) is 4.32. The lowest BCUT2D eigenvalue weighted by Crippen LogP contribution is -2.14. The van der Waals surface area contributed by atoms with Crippen molar-refractivity contribution in [2.24, 2.45) is 0 Å². The Morgan fingerprint density at radius 1 is 1.11 bits per heavy atom. The van der Waals surface area contributed by atoms with Crippen molar-refractivity contribution in [1.29, 1.82) is 0 Å². The topological polar surface area (TPSA) is 82.4 Å². The molecule has 0 aliphatic heterocycles. The lowest BCUT2D eigenvalue weighted by Gasteiger charge is -2.08. The molecule has 1 amide bonds. The number of methoxy groups -OCH3 is 1. The lowest BCUT2D eigenvalue weighted by molar-refractivity contribution is -0.142. The van der Waals surface area contributed by atoms with Crippen LogP contribution in [0, 0.1) is 6.92 Å². The van der Waals surface area contributed by atoms with Crippen molar-refractivity contribution in [3.05, 3.63) is 71.0 Å². The van der Waals surface area contributed by atoms with Crippen LogP contribution in [0.2, 0.25) is 5.15 Å². The van der Waals surface area contributed by atoms with Crippen LogP contribution in [0.15, 0.2) is 54.6 Å². The molecule has 0 unspecified atom stereocenters. The summed E-state index contributed by atoms with van der Waals surface area (Å²) < 4.78 is 11.3. The normalized spacial score (nSPS) is 10.4. The van der Waals surface area contributed by atoms with E-state index in [2.05, 4.69) is 15.2 Å². The lowest BCUT2D eigenvalue weighted by atomic mass is 10.2. The zero-order valence-corrected chi connectivity index (χ0v) is 16.1. The van der Waals surface area contributed by atoms with Crippen molar-refractivity contribution in [3.8, 4) is 11.4 Å². The van der Waals surface area contributed by atoms with Gasteiger partial charge in [-0.15, -0.1) is 0 Å². The van der Waals surface area contributed by atoms with E-state index in [4.69, 9.17) is 16.3 Å². The molecule has 0 atom stereocenters. The average molecular weight is 400 g/mol. The Morgan fingerprint density at radius 3 is 2.43 bits per heavy atom. The van der Waals surface area contributed by atoms with Gasteiger partial charge in [0.2, 0.25) is 0 Å². The maximum absolute atomic E-state index is 12.7. The first-order chi connectivity index (χ1) is 13.5. The molecule has 0 saturated carbocycles. The van der Waals surface area contributed by atoms with Crippen molar-refractivity contribution in [2.75, 3.05) is 19.0 Å². The molecule has 0 fully saturated rings. The molecule has 3 rings (SSSR count). The van der Waals surface area contributed by atoms with Crippen LogP contribution in [0.3, 0.4) is 0 Å². The van der Waals surface area contributed by atoms with Crippen molar-refractivity contribution in [2.45, 2.75) is 6.92 Å². The second-order valence-corrected chi connectivity index (χ2v) is 6.20. The molecular formula is C20H18ClN3O4. The Balaban J connectivity index is 1.73. The minimum Gasteiger partial charge on any atom is -0.482 e. The number of halogens is 1. The Bertz CT molecular complexity index is 985. The molecule has 8 heteroatoms. The molecule has 1 N–H and O–H groups in total. The first-order valence-electron chi connectivity index (χ1n) is 8.41. The van der Waals surface area contributed by atoms with Gasteiger partial charge < -0.3 is 14.8 Å². The molecule has 0 radical (unpaired) electrons. The Labute approximate surface area is 166 Å². The van der Waals surface area contributed by atoms with E-state index in [-0.39, 0.29) is 17.7 Å². The summed E-state index contributed by atoms with van der Waals surface area (Å²) in [6.07, 6.45) is 0. The van der Waals surface area contributed by atoms with E-state index in [0.717, 1.165) is 5.69 Å². The van der Waals surface area contributed by atoms with E-state index in [9.17, 15) is 9.59 Å². The SMILES string of the molecule is COC(=O)COc1ccc(NC(=O)c2c(C)nn(-c3ccccc3)c2Cl)cc1. The number of rotatable bonds is 6. The summed E-state index contributed by atoms with van der Waals surface area (Å²) >= 11 is 6.41. The minimum absolute atomic E-state index is 0.185. The highest BCUT2D eigenvalue weighted by atomic mass is 35.5. The number of esters is 1. The molecule has 0 saturated heterocycles. The number of carbonyl (C=O) groups is 2. The highest BCUT2D eigenvalue weighted by Crippen LogP contribution is 2.25. The molecule has 3 aromatic rings. The van der Waals surface area contributed by atoms with E-state index >= 15 is 0 Å². The summed E-state index contributed by atoms with van der Waals surface area (Å²) in [6.45, 7) is 1.54. The highest BCUT2D eigenvalue weighted by molar-refractivity contribution is 6.34. The summed E-state index contributed by atoms with van der Waals surface area (Å²) in [5, 5.41) is 7.39. The second-order valence-electron chi connectivity index (χ2n) is 5.84. The number of ether oxygens (including phenoxy) is 2. The molecule has 1 aromatic heterocycles. The molecule has 0 aliphatic carbocycles. The van der Waals surface area contributed by atoms with Crippen LogP contribution in [0.5, 0.6) is 5.75 Å².